The van der Waals surface area contributed by atoms with Crippen molar-refractivity contribution in [3.05, 3.63) is 76.9 Å². The molecule has 6 nitrogen and oxygen atoms in total. The maximum absolute atomic E-state index is 12.9. The Balaban J connectivity index is 1.85. The maximum atomic E-state index is 12.9. The van der Waals surface area contributed by atoms with Crippen LogP contribution in [0, 0.1) is 0 Å². The Morgan fingerprint density at radius 2 is 1.33 bits per heavy atom. The molecule has 0 amide bonds. The van der Waals surface area contributed by atoms with Crippen LogP contribution in [0.1, 0.15) is 27.0 Å². The molecule has 6 heteroatoms. The number of anilines is 3. The van der Waals surface area contributed by atoms with Crippen molar-refractivity contribution < 1.29 is 14.3 Å². The van der Waals surface area contributed by atoms with Gasteiger partial charge in [0.25, 0.3) is 0 Å². The molecular weight excluding hydrogens is 378 g/mol. The number of benzene rings is 3. The summed E-state index contributed by atoms with van der Waals surface area (Å²) in [5.41, 5.74) is 10.4. The van der Waals surface area contributed by atoms with Crippen molar-refractivity contribution in [1.29, 1.82) is 0 Å². The highest BCUT2D eigenvalue weighted by Gasteiger charge is 2.53. The summed E-state index contributed by atoms with van der Waals surface area (Å²) in [6.45, 7) is 0. The molecule has 5 rings (SSSR count). The summed E-state index contributed by atoms with van der Waals surface area (Å²) in [4.78, 5) is 16.9. The van der Waals surface area contributed by atoms with Crippen LogP contribution in [0.15, 0.2) is 54.6 Å². The molecule has 2 aliphatic heterocycles. The Labute approximate surface area is 175 Å². The highest BCUT2D eigenvalue weighted by Crippen LogP contribution is 2.57. The number of nitrogens with two attached hydrogens (primary N) is 1. The molecule has 0 saturated carbocycles. The summed E-state index contributed by atoms with van der Waals surface area (Å²) in [7, 11) is 7.90. The van der Waals surface area contributed by atoms with Gasteiger partial charge in [0.2, 0.25) is 0 Å². The Bertz CT molecular complexity index is 1140. The van der Waals surface area contributed by atoms with Gasteiger partial charge in [-0.3, -0.25) is 0 Å². The van der Waals surface area contributed by atoms with E-state index in [9.17, 15) is 4.79 Å². The summed E-state index contributed by atoms with van der Waals surface area (Å²) in [5, 5.41) is 0. The zero-order valence-corrected chi connectivity index (χ0v) is 17.4. The summed E-state index contributed by atoms with van der Waals surface area (Å²) in [6, 6.07) is 17.2. The largest absolute Gasteiger partial charge is 0.456 e. The first-order valence-corrected chi connectivity index (χ1v) is 9.76. The van der Waals surface area contributed by atoms with Gasteiger partial charge in [-0.2, -0.15) is 0 Å². The van der Waals surface area contributed by atoms with Gasteiger partial charge in [-0.15, -0.1) is 0 Å². The summed E-state index contributed by atoms with van der Waals surface area (Å²) >= 11 is 0. The summed E-state index contributed by atoms with van der Waals surface area (Å²) in [5.74, 6) is 0.956. The molecule has 0 bridgehead atoms. The normalized spacial score (nSPS) is 15.0. The Hall–Kier alpha value is -3.67. The SMILES string of the molecule is CN(C)c1ccc2c(c1)Oc1cc(N(C)C)ccc1C21OC(=O)c2ccc(N)cc21. The molecule has 0 aromatic heterocycles. The van der Waals surface area contributed by atoms with Crippen molar-refractivity contribution >= 4 is 23.0 Å². The molecule has 0 radical (unpaired) electrons. The van der Waals surface area contributed by atoms with Gasteiger partial charge in [0.05, 0.1) is 5.56 Å². The Morgan fingerprint density at radius 1 is 0.767 bits per heavy atom. The fourth-order valence-electron chi connectivity index (χ4n) is 4.27. The fourth-order valence-corrected chi connectivity index (χ4v) is 4.27. The lowest BCUT2D eigenvalue weighted by molar-refractivity contribution is 0.0224. The molecule has 2 N–H and O–H groups in total. The van der Waals surface area contributed by atoms with E-state index in [1.54, 1.807) is 12.1 Å². The standard InChI is InChI=1S/C24H23N3O3/c1-26(2)15-6-9-18-21(12-15)29-22-13-16(27(3)4)7-10-19(22)24(18)20-11-14(25)5-8-17(20)23(28)30-24/h5-13H,25H2,1-4H3. The second-order valence-electron chi connectivity index (χ2n) is 8.13. The predicted molar refractivity (Wildman–Crippen MR) is 118 cm³/mol. The van der Waals surface area contributed by atoms with E-state index in [1.807, 2.05) is 80.5 Å². The van der Waals surface area contributed by atoms with Gasteiger partial charge in [0, 0.05) is 74.1 Å². The van der Waals surface area contributed by atoms with Crippen LogP contribution in [0.4, 0.5) is 17.1 Å². The number of esters is 1. The second-order valence-corrected chi connectivity index (χ2v) is 8.13. The average molecular weight is 401 g/mol. The van der Waals surface area contributed by atoms with E-state index in [0.29, 0.717) is 22.7 Å². The first kappa shape index (κ1) is 18.4. The van der Waals surface area contributed by atoms with Crippen molar-refractivity contribution in [2.24, 2.45) is 0 Å². The molecule has 3 aromatic rings. The van der Waals surface area contributed by atoms with Gasteiger partial charge in [0.15, 0.2) is 5.60 Å². The number of nitrogen functional groups attached to an aromatic ring is 1. The van der Waals surface area contributed by atoms with Crippen LogP contribution in [0.3, 0.4) is 0 Å². The average Bonchev–Trinajstić information content (AvgIpc) is 2.99. The van der Waals surface area contributed by atoms with Crippen molar-refractivity contribution in [3.63, 3.8) is 0 Å². The second kappa shape index (κ2) is 6.16. The van der Waals surface area contributed by atoms with E-state index in [-0.39, 0.29) is 5.97 Å². The number of hydrogen-bond donors (Lipinski definition) is 1. The molecule has 30 heavy (non-hydrogen) atoms. The fraction of sp³-hybridized carbons (Fsp3) is 0.208. The van der Waals surface area contributed by atoms with E-state index in [4.69, 9.17) is 15.2 Å². The lowest BCUT2D eigenvalue weighted by Gasteiger charge is -2.37. The minimum Gasteiger partial charge on any atom is -0.456 e. The van der Waals surface area contributed by atoms with Crippen LogP contribution in [-0.4, -0.2) is 34.2 Å². The lowest BCUT2D eigenvalue weighted by Crippen LogP contribution is -2.33. The Morgan fingerprint density at radius 3 is 1.87 bits per heavy atom. The first-order chi connectivity index (χ1) is 14.3. The van der Waals surface area contributed by atoms with Gasteiger partial charge in [-0.25, -0.2) is 4.79 Å². The van der Waals surface area contributed by atoms with Gasteiger partial charge in [-0.05, 0) is 42.5 Å². The zero-order chi connectivity index (χ0) is 21.2. The quantitative estimate of drug-likeness (QED) is 0.518. The first-order valence-electron chi connectivity index (χ1n) is 9.76. The number of nitrogens with zero attached hydrogens (tertiary/aromatic N) is 2. The summed E-state index contributed by atoms with van der Waals surface area (Å²) in [6.07, 6.45) is 0. The van der Waals surface area contributed by atoms with Gasteiger partial charge < -0.3 is 25.0 Å². The van der Waals surface area contributed by atoms with Crippen LogP contribution < -0.4 is 20.3 Å². The highest BCUT2D eigenvalue weighted by atomic mass is 16.6. The molecule has 0 atom stereocenters. The van der Waals surface area contributed by atoms with Crippen molar-refractivity contribution in [1.82, 2.24) is 0 Å². The van der Waals surface area contributed by atoms with Crippen LogP contribution in [0.5, 0.6) is 11.5 Å². The number of ether oxygens (including phenoxy) is 2. The van der Waals surface area contributed by atoms with E-state index in [2.05, 4.69) is 0 Å². The molecule has 1 spiro atoms. The monoisotopic (exact) mass is 401 g/mol. The van der Waals surface area contributed by atoms with Crippen molar-refractivity contribution in [2.75, 3.05) is 43.7 Å². The van der Waals surface area contributed by atoms with Crippen LogP contribution in [0.25, 0.3) is 0 Å². The smallest absolute Gasteiger partial charge is 0.340 e. The molecule has 3 aromatic carbocycles. The minimum atomic E-state index is -1.10. The predicted octanol–water partition coefficient (Wildman–Crippen LogP) is 3.97. The third-order valence-electron chi connectivity index (χ3n) is 5.83. The summed E-state index contributed by atoms with van der Waals surface area (Å²) < 4.78 is 12.5. The van der Waals surface area contributed by atoms with Gasteiger partial charge in [-0.1, -0.05) is 0 Å². The molecule has 2 heterocycles. The Kier molecular flexibility index (Phi) is 3.77. The molecular formula is C24H23N3O3. The van der Waals surface area contributed by atoms with E-state index < -0.39 is 5.60 Å². The number of fused-ring (bicyclic) bond motifs is 6. The van der Waals surface area contributed by atoms with Gasteiger partial charge >= 0.3 is 5.97 Å². The third kappa shape index (κ3) is 2.40. The van der Waals surface area contributed by atoms with Crippen LogP contribution >= 0.6 is 0 Å². The van der Waals surface area contributed by atoms with Gasteiger partial charge in [0.1, 0.15) is 11.5 Å². The van der Waals surface area contributed by atoms with Crippen molar-refractivity contribution in [3.8, 4) is 11.5 Å². The molecule has 152 valence electrons. The minimum absolute atomic E-state index is 0.364. The molecule has 0 saturated heterocycles. The van der Waals surface area contributed by atoms with E-state index >= 15 is 0 Å². The van der Waals surface area contributed by atoms with Crippen LogP contribution in [0.2, 0.25) is 0 Å². The lowest BCUT2D eigenvalue weighted by atomic mass is 9.77. The van der Waals surface area contributed by atoms with E-state index in [1.165, 1.54) is 0 Å². The number of rotatable bonds is 2. The van der Waals surface area contributed by atoms with Crippen LogP contribution in [-0.2, 0) is 10.3 Å². The van der Waals surface area contributed by atoms with Crippen molar-refractivity contribution in [2.45, 2.75) is 5.60 Å². The molecule has 0 aliphatic carbocycles. The van der Waals surface area contributed by atoms with E-state index in [0.717, 1.165) is 28.1 Å². The number of carbonyl (C=O) groups is 1. The molecule has 0 unspecified atom stereocenters. The highest BCUT2D eigenvalue weighted by molar-refractivity contribution is 5.97. The number of carbonyl (C=O) groups excluding carboxylic acids is 1. The molecule has 2 aliphatic rings. The number of hydrogen-bond acceptors (Lipinski definition) is 6. The zero-order valence-electron chi connectivity index (χ0n) is 17.4. The third-order valence-corrected chi connectivity index (χ3v) is 5.83. The maximum Gasteiger partial charge on any atom is 0.340 e. The topological polar surface area (TPSA) is 68.0 Å². The molecule has 0 fully saturated rings.